The molecule has 0 radical (unpaired) electrons. The van der Waals surface area contributed by atoms with E-state index in [2.05, 4.69) is 402 Å². The molecule has 0 aliphatic rings. The molecular formula is C130H80N16. The largest absolute Gasteiger partial charge is 0.293 e. The molecule has 0 unspecified atom stereocenters. The number of fused-ring (bicyclic) bond motifs is 22. The van der Waals surface area contributed by atoms with Gasteiger partial charge in [-0.2, -0.15) is 0 Å². The number of hydrogen-bond donors (Lipinski definition) is 0. The van der Waals surface area contributed by atoms with E-state index in [1.807, 2.05) is 110 Å². The van der Waals surface area contributed by atoms with E-state index in [0.717, 1.165) is 166 Å². The van der Waals surface area contributed by atoms with Gasteiger partial charge in [-0.25, -0.2) is 39.9 Å². The van der Waals surface area contributed by atoms with Gasteiger partial charge in [0.1, 0.15) is 29.0 Å². The Labute approximate surface area is 834 Å². The number of para-hydroxylation sites is 9. The fourth-order valence-electron chi connectivity index (χ4n) is 21.3. The van der Waals surface area contributed by atoms with E-state index in [-0.39, 0.29) is 0 Å². The summed E-state index contributed by atoms with van der Waals surface area (Å²) < 4.78 is 9.15. The zero-order valence-corrected chi connectivity index (χ0v) is 78.3. The van der Waals surface area contributed by atoms with Crippen LogP contribution in [-0.4, -0.2) is 78.1 Å². The topological polar surface area (TPSA) is 174 Å². The summed E-state index contributed by atoms with van der Waals surface area (Å²) in [6, 6.07) is 158. The lowest BCUT2D eigenvalue weighted by atomic mass is 10.0. The molecule has 31 aromatic rings. The van der Waals surface area contributed by atoms with Crippen LogP contribution in [0.25, 0.3) is 276 Å². The van der Waals surface area contributed by atoms with Gasteiger partial charge in [-0.05, 0) is 212 Å². The van der Waals surface area contributed by atoms with E-state index in [1.165, 1.54) is 86.2 Å². The highest BCUT2D eigenvalue weighted by atomic mass is 15.1. The minimum atomic E-state index is 0.621. The third kappa shape index (κ3) is 14.5. The molecule has 0 bridgehead atoms. The molecule has 0 amide bonds. The Kier molecular flexibility index (Phi) is 20.2. The van der Waals surface area contributed by atoms with Gasteiger partial charge in [0, 0.05) is 129 Å². The summed E-state index contributed by atoms with van der Waals surface area (Å²) in [6.45, 7) is 0. The number of aromatic nitrogens is 16. The number of pyridine rings is 4. The molecule has 680 valence electrons. The summed E-state index contributed by atoms with van der Waals surface area (Å²) in [6.07, 6.45) is 9.03. The molecule has 16 nitrogen and oxygen atoms in total. The van der Waals surface area contributed by atoms with Crippen LogP contribution in [-0.2, 0) is 0 Å². The predicted octanol–water partition coefficient (Wildman–Crippen LogP) is 31.7. The van der Waals surface area contributed by atoms with Crippen LogP contribution < -0.4 is 0 Å². The maximum atomic E-state index is 5.29. The second-order valence-corrected chi connectivity index (χ2v) is 36.7. The van der Waals surface area contributed by atoms with Gasteiger partial charge in [0.15, 0.2) is 23.3 Å². The molecule has 0 aliphatic carbocycles. The van der Waals surface area contributed by atoms with Crippen molar-refractivity contribution in [2.45, 2.75) is 0 Å². The number of rotatable bonds is 9. The lowest BCUT2D eigenvalue weighted by Gasteiger charge is -2.13. The summed E-state index contributed by atoms with van der Waals surface area (Å²) in [5.41, 5.74) is 20.4. The Balaban J connectivity index is 0.0000000948. The molecular weight excluding hydrogens is 1790 g/mol. The predicted molar refractivity (Wildman–Crippen MR) is 599 cm³/mol. The Morgan fingerprint density at radius 2 is 0.473 bits per heavy atom. The third-order valence-electron chi connectivity index (χ3n) is 28.1. The molecule has 31 rings (SSSR count). The molecule has 0 spiro atoms. The maximum Gasteiger partial charge on any atom is 0.180 e. The van der Waals surface area contributed by atoms with Gasteiger partial charge >= 0.3 is 0 Å². The van der Waals surface area contributed by atoms with E-state index < -0.39 is 0 Å². The first-order chi connectivity index (χ1) is 72.4. The zero-order chi connectivity index (χ0) is 96.2. The van der Waals surface area contributed by atoms with Crippen LogP contribution in [0.1, 0.15) is 0 Å². The van der Waals surface area contributed by atoms with Crippen molar-refractivity contribution in [1.82, 2.24) is 78.1 Å². The van der Waals surface area contributed by atoms with E-state index in [4.69, 9.17) is 39.9 Å². The van der Waals surface area contributed by atoms with Crippen molar-refractivity contribution in [1.29, 1.82) is 0 Å². The first-order valence-electron chi connectivity index (χ1n) is 48.8. The quantitative estimate of drug-likeness (QED) is 0.134. The summed E-state index contributed by atoms with van der Waals surface area (Å²) >= 11 is 0. The summed E-state index contributed by atoms with van der Waals surface area (Å²) in [4.78, 5) is 58.4. The molecule has 0 saturated heterocycles. The van der Waals surface area contributed by atoms with Crippen molar-refractivity contribution in [3.8, 4) is 80.1 Å². The molecule has 0 saturated carbocycles. The van der Waals surface area contributed by atoms with Gasteiger partial charge in [0.05, 0.1) is 77.2 Å². The molecule has 19 aromatic carbocycles. The maximum absolute atomic E-state index is 5.29. The van der Waals surface area contributed by atoms with Gasteiger partial charge in [-0.3, -0.25) is 38.2 Å². The number of nitrogens with zero attached hydrogens (tertiary/aromatic N) is 16. The fourth-order valence-corrected chi connectivity index (χ4v) is 21.3. The molecule has 16 heteroatoms. The van der Waals surface area contributed by atoms with E-state index >= 15 is 0 Å². The standard InChI is InChI=1S/C39H24N4.C33H20N4.2C29H18N4/c1-2-10-29-24-36-33(23-28(29)9-1)31-13-4-6-17-35(31)43(36)39-32-14-3-5-16-34(32)41-38(42-39)27-20-18-25(19-21-27)30-15-7-11-26-12-8-22-40-37(26)30;1-2-9-23-20-31-27(18-22(23)8-1)25-11-4-6-14-30(25)37(31)33-26-12-3-5-13-28(26)35-32(36-33)24-16-15-21-10-7-17-34-29(21)19-24;1-2-10-20-18-27-23(17-19(20)9-1)21-11-4-6-15-26(21)33(27)29-22-12-3-5-13-24(22)31-28(32-29)25-14-7-8-16-30-25;1-2-9-20-17-27-24(16-19(20)8-1)22-11-4-6-14-26(22)33(27)29-23-12-3-5-13-25(23)31-28(32-29)21-10-7-15-30-18-21/h1-24H;1-20H;2*1-18H. The molecule has 12 aromatic heterocycles. The monoisotopic (exact) mass is 1860 g/mol. The van der Waals surface area contributed by atoms with Gasteiger partial charge < -0.3 is 0 Å². The first-order valence-corrected chi connectivity index (χ1v) is 48.8. The van der Waals surface area contributed by atoms with Crippen molar-refractivity contribution in [2.24, 2.45) is 0 Å². The summed E-state index contributed by atoms with van der Waals surface area (Å²) in [5.74, 6) is 6.17. The van der Waals surface area contributed by atoms with Crippen molar-refractivity contribution in [3.05, 3.63) is 486 Å². The van der Waals surface area contributed by atoms with Gasteiger partial charge in [0.25, 0.3) is 0 Å². The normalized spacial score (nSPS) is 11.7. The molecule has 0 fully saturated rings. The van der Waals surface area contributed by atoms with Crippen LogP contribution in [0.5, 0.6) is 0 Å². The van der Waals surface area contributed by atoms with Gasteiger partial charge in [0.2, 0.25) is 0 Å². The SMILES string of the molecule is c1ccc(-c2nc(-n3c4ccccc4c4cc5ccccc5cc43)c3ccccc3n2)nc1.c1ccc2cc3c(cc2c1)c1ccccc1n3-c1nc(-c2ccc(-c3cccc4cccnc34)cc2)nc2ccccc12.c1ccc2cc3c(cc2c1)c1ccccc1n3-c1nc(-c2ccc3cccnc3c2)nc2ccccc12.c1cncc(-c2nc(-n3c4ccccc4c4cc5ccccc5cc43)c3ccccc3n2)c1. The second-order valence-electron chi connectivity index (χ2n) is 36.7. The molecule has 0 aliphatic heterocycles. The Bertz CT molecular complexity index is 10400. The summed E-state index contributed by atoms with van der Waals surface area (Å²) in [5, 5.41) is 25.7. The van der Waals surface area contributed by atoms with Gasteiger partial charge in [-0.15, -0.1) is 0 Å². The van der Waals surface area contributed by atoms with Crippen molar-refractivity contribution < 1.29 is 0 Å². The zero-order valence-electron chi connectivity index (χ0n) is 78.3. The minimum Gasteiger partial charge on any atom is -0.293 e. The highest BCUT2D eigenvalue weighted by molar-refractivity contribution is 6.19. The first kappa shape index (κ1) is 84.0. The molecule has 12 heterocycles. The van der Waals surface area contributed by atoms with Crippen LogP contribution in [0.3, 0.4) is 0 Å². The van der Waals surface area contributed by atoms with Crippen LogP contribution in [0.15, 0.2) is 486 Å². The second kappa shape index (κ2) is 35.0. The van der Waals surface area contributed by atoms with Crippen molar-refractivity contribution >= 4 is 196 Å². The highest BCUT2D eigenvalue weighted by Crippen LogP contribution is 2.45. The Hall–Kier alpha value is -20.1. The van der Waals surface area contributed by atoms with Crippen LogP contribution in [0, 0.1) is 0 Å². The molecule has 0 N–H and O–H groups in total. The van der Waals surface area contributed by atoms with Crippen LogP contribution in [0.2, 0.25) is 0 Å². The smallest absolute Gasteiger partial charge is 0.180 e. The average Bonchev–Trinajstić information content (AvgIpc) is 1.59. The molecule has 146 heavy (non-hydrogen) atoms. The lowest BCUT2D eigenvalue weighted by molar-refractivity contribution is 1.07. The van der Waals surface area contributed by atoms with Crippen molar-refractivity contribution in [3.63, 3.8) is 0 Å². The summed E-state index contributed by atoms with van der Waals surface area (Å²) in [7, 11) is 0. The van der Waals surface area contributed by atoms with Crippen molar-refractivity contribution in [2.75, 3.05) is 0 Å². The van der Waals surface area contributed by atoms with E-state index in [1.54, 1.807) is 12.4 Å². The average molecular weight is 1870 g/mol. The van der Waals surface area contributed by atoms with Crippen LogP contribution in [0.4, 0.5) is 0 Å². The fraction of sp³-hybridized carbons (Fsp3) is 0. The Morgan fingerprint density at radius 1 is 0.158 bits per heavy atom. The Morgan fingerprint density at radius 3 is 0.884 bits per heavy atom. The lowest BCUT2D eigenvalue weighted by Crippen LogP contribution is -2.03. The van der Waals surface area contributed by atoms with Gasteiger partial charge in [-0.1, -0.05) is 291 Å². The van der Waals surface area contributed by atoms with Crippen LogP contribution >= 0.6 is 0 Å². The number of benzene rings is 19. The highest BCUT2D eigenvalue weighted by Gasteiger charge is 2.26. The minimum absolute atomic E-state index is 0.621. The number of hydrogen-bond acceptors (Lipinski definition) is 12. The van der Waals surface area contributed by atoms with E-state index in [9.17, 15) is 0 Å². The third-order valence-corrected chi connectivity index (χ3v) is 28.1. The molecule has 0 atom stereocenters. The van der Waals surface area contributed by atoms with E-state index in [0.29, 0.717) is 23.3 Å².